The van der Waals surface area contributed by atoms with Crippen molar-refractivity contribution in [3.63, 3.8) is 0 Å². The van der Waals surface area contributed by atoms with Gasteiger partial charge < -0.3 is 16.0 Å². The average Bonchev–Trinajstić information content (AvgIpc) is 2.80. The number of benzene rings is 1. The number of nitrogens with two attached hydrogens (primary N) is 2. The van der Waals surface area contributed by atoms with Crippen LogP contribution in [-0.2, 0) is 19.4 Å². The van der Waals surface area contributed by atoms with Crippen LogP contribution in [0.15, 0.2) is 24.4 Å². The summed E-state index contributed by atoms with van der Waals surface area (Å²) in [6.07, 6.45) is 6.51. The van der Waals surface area contributed by atoms with Crippen molar-refractivity contribution < 1.29 is 0 Å². The van der Waals surface area contributed by atoms with Crippen LogP contribution < -0.4 is 11.5 Å². The third-order valence-corrected chi connectivity index (χ3v) is 3.69. The SMILES string of the molecule is CCc1ccc2c(c1)c(CCCN)cn2CCCN. The first-order valence-corrected chi connectivity index (χ1v) is 7.31. The Kier molecular flexibility index (Phi) is 5.00. The van der Waals surface area contributed by atoms with Crippen LogP contribution in [0, 0.1) is 0 Å². The van der Waals surface area contributed by atoms with Crippen molar-refractivity contribution >= 4 is 10.9 Å². The molecule has 19 heavy (non-hydrogen) atoms. The van der Waals surface area contributed by atoms with E-state index in [0.717, 1.165) is 45.3 Å². The van der Waals surface area contributed by atoms with Gasteiger partial charge in [-0.2, -0.15) is 0 Å². The number of aryl methyl sites for hydroxylation is 3. The zero-order valence-electron chi connectivity index (χ0n) is 11.9. The number of nitrogens with zero attached hydrogens (tertiary/aromatic N) is 1. The lowest BCUT2D eigenvalue weighted by molar-refractivity contribution is 0.667. The monoisotopic (exact) mass is 259 g/mol. The van der Waals surface area contributed by atoms with Crippen molar-refractivity contribution in [2.24, 2.45) is 11.5 Å². The van der Waals surface area contributed by atoms with E-state index in [-0.39, 0.29) is 0 Å². The van der Waals surface area contributed by atoms with Crippen LogP contribution in [0.5, 0.6) is 0 Å². The van der Waals surface area contributed by atoms with Crippen LogP contribution in [0.1, 0.15) is 30.9 Å². The molecule has 0 saturated carbocycles. The molecular weight excluding hydrogens is 234 g/mol. The quantitative estimate of drug-likeness (QED) is 0.802. The summed E-state index contributed by atoms with van der Waals surface area (Å²) in [5.41, 5.74) is 15.4. The predicted octanol–water partition coefficient (Wildman–Crippen LogP) is 2.44. The Morgan fingerprint density at radius 2 is 1.89 bits per heavy atom. The Morgan fingerprint density at radius 1 is 1.11 bits per heavy atom. The standard InChI is InChI=1S/C16H25N3/c1-2-13-6-7-16-15(11-13)14(5-3-8-17)12-19(16)10-4-9-18/h6-7,11-12H,2-5,8-10,17-18H2,1H3. The van der Waals surface area contributed by atoms with Gasteiger partial charge in [-0.25, -0.2) is 0 Å². The molecule has 104 valence electrons. The van der Waals surface area contributed by atoms with Gasteiger partial charge in [-0.3, -0.25) is 0 Å². The summed E-state index contributed by atoms with van der Waals surface area (Å²) in [6.45, 7) is 4.70. The summed E-state index contributed by atoms with van der Waals surface area (Å²) >= 11 is 0. The van der Waals surface area contributed by atoms with Crippen LogP contribution in [0.4, 0.5) is 0 Å². The predicted molar refractivity (Wildman–Crippen MR) is 82.4 cm³/mol. The number of fused-ring (bicyclic) bond motifs is 1. The summed E-state index contributed by atoms with van der Waals surface area (Å²) in [7, 11) is 0. The van der Waals surface area contributed by atoms with Gasteiger partial charge >= 0.3 is 0 Å². The molecule has 0 atom stereocenters. The van der Waals surface area contributed by atoms with Gasteiger partial charge in [-0.05, 0) is 62.0 Å². The van der Waals surface area contributed by atoms with Crippen molar-refractivity contribution in [3.8, 4) is 0 Å². The summed E-state index contributed by atoms with van der Waals surface area (Å²) in [5, 5.41) is 1.39. The topological polar surface area (TPSA) is 57.0 Å². The van der Waals surface area contributed by atoms with Crippen LogP contribution >= 0.6 is 0 Å². The van der Waals surface area contributed by atoms with E-state index in [0.29, 0.717) is 0 Å². The van der Waals surface area contributed by atoms with Crippen molar-refractivity contribution in [1.82, 2.24) is 4.57 Å². The first-order chi connectivity index (χ1) is 9.30. The van der Waals surface area contributed by atoms with E-state index in [2.05, 4.69) is 35.9 Å². The largest absolute Gasteiger partial charge is 0.347 e. The first kappa shape index (κ1) is 14.1. The number of hydrogen-bond donors (Lipinski definition) is 2. The Balaban J connectivity index is 2.40. The maximum atomic E-state index is 5.64. The zero-order chi connectivity index (χ0) is 13.7. The van der Waals surface area contributed by atoms with E-state index < -0.39 is 0 Å². The fourth-order valence-corrected chi connectivity index (χ4v) is 2.58. The minimum absolute atomic E-state index is 0.741. The molecule has 0 unspecified atom stereocenters. The van der Waals surface area contributed by atoms with E-state index in [1.807, 2.05) is 0 Å². The van der Waals surface area contributed by atoms with Crippen molar-refractivity contribution in [2.75, 3.05) is 13.1 Å². The molecule has 4 N–H and O–H groups in total. The smallest absolute Gasteiger partial charge is 0.0483 e. The van der Waals surface area contributed by atoms with Crippen LogP contribution in [0.25, 0.3) is 10.9 Å². The molecule has 1 heterocycles. The highest BCUT2D eigenvalue weighted by molar-refractivity contribution is 5.84. The molecule has 3 heteroatoms. The van der Waals surface area contributed by atoms with Gasteiger partial charge in [-0.15, -0.1) is 0 Å². The van der Waals surface area contributed by atoms with Gasteiger partial charge in [0, 0.05) is 23.6 Å². The van der Waals surface area contributed by atoms with Crippen LogP contribution in [0.2, 0.25) is 0 Å². The lowest BCUT2D eigenvalue weighted by Gasteiger charge is -2.04. The summed E-state index contributed by atoms with van der Waals surface area (Å²) in [5.74, 6) is 0. The van der Waals surface area contributed by atoms with Gasteiger partial charge in [0.25, 0.3) is 0 Å². The summed E-state index contributed by atoms with van der Waals surface area (Å²) in [6, 6.07) is 6.81. The van der Waals surface area contributed by atoms with Crippen molar-refractivity contribution in [3.05, 3.63) is 35.5 Å². The van der Waals surface area contributed by atoms with E-state index in [4.69, 9.17) is 11.5 Å². The lowest BCUT2D eigenvalue weighted by Crippen LogP contribution is -2.04. The lowest BCUT2D eigenvalue weighted by atomic mass is 10.0. The second kappa shape index (κ2) is 6.73. The van der Waals surface area contributed by atoms with Crippen molar-refractivity contribution in [2.45, 2.75) is 39.2 Å². The Morgan fingerprint density at radius 3 is 2.58 bits per heavy atom. The highest BCUT2D eigenvalue weighted by Gasteiger charge is 2.08. The molecule has 0 aliphatic rings. The molecule has 0 aliphatic carbocycles. The van der Waals surface area contributed by atoms with E-state index in [1.54, 1.807) is 0 Å². The molecule has 0 fully saturated rings. The zero-order valence-corrected chi connectivity index (χ0v) is 11.9. The van der Waals surface area contributed by atoms with E-state index in [9.17, 15) is 0 Å². The first-order valence-electron chi connectivity index (χ1n) is 7.31. The average molecular weight is 259 g/mol. The summed E-state index contributed by atoms with van der Waals surface area (Å²) in [4.78, 5) is 0. The molecule has 0 aliphatic heterocycles. The molecule has 3 nitrogen and oxygen atoms in total. The Hall–Kier alpha value is -1.32. The highest BCUT2D eigenvalue weighted by atomic mass is 15.0. The molecular formula is C16H25N3. The van der Waals surface area contributed by atoms with Crippen molar-refractivity contribution in [1.29, 1.82) is 0 Å². The maximum absolute atomic E-state index is 5.64. The fraction of sp³-hybridized carbons (Fsp3) is 0.500. The highest BCUT2D eigenvalue weighted by Crippen LogP contribution is 2.24. The molecule has 2 rings (SSSR count). The van der Waals surface area contributed by atoms with Gasteiger partial charge in [0.05, 0.1) is 0 Å². The normalized spacial score (nSPS) is 11.3. The molecule has 0 amide bonds. The molecule has 1 aromatic heterocycles. The fourth-order valence-electron chi connectivity index (χ4n) is 2.58. The maximum Gasteiger partial charge on any atom is 0.0483 e. The van der Waals surface area contributed by atoms with Crippen LogP contribution in [0.3, 0.4) is 0 Å². The molecule has 0 spiro atoms. The minimum Gasteiger partial charge on any atom is -0.347 e. The van der Waals surface area contributed by atoms with Gasteiger partial charge in [0.2, 0.25) is 0 Å². The molecule has 0 radical (unpaired) electrons. The third kappa shape index (κ3) is 3.17. The Bertz CT molecular complexity index is 528. The molecule has 0 saturated heterocycles. The third-order valence-electron chi connectivity index (χ3n) is 3.69. The summed E-state index contributed by atoms with van der Waals surface area (Å²) < 4.78 is 2.34. The second-order valence-corrected chi connectivity index (χ2v) is 5.09. The molecule has 2 aromatic rings. The Labute approximate surface area is 115 Å². The number of hydrogen-bond acceptors (Lipinski definition) is 2. The van der Waals surface area contributed by atoms with Gasteiger partial charge in [0.1, 0.15) is 0 Å². The second-order valence-electron chi connectivity index (χ2n) is 5.09. The number of aromatic nitrogens is 1. The minimum atomic E-state index is 0.741. The van der Waals surface area contributed by atoms with E-state index >= 15 is 0 Å². The van der Waals surface area contributed by atoms with E-state index in [1.165, 1.54) is 22.0 Å². The molecule has 0 bridgehead atoms. The van der Waals surface area contributed by atoms with Gasteiger partial charge in [0.15, 0.2) is 0 Å². The molecule has 1 aromatic carbocycles. The number of rotatable bonds is 7. The van der Waals surface area contributed by atoms with Crippen LogP contribution in [-0.4, -0.2) is 17.7 Å². The van der Waals surface area contributed by atoms with Gasteiger partial charge in [-0.1, -0.05) is 13.0 Å².